The minimum absolute atomic E-state index is 0.190. The number of ether oxygens (including phenoxy) is 3. The average molecular weight is 392 g/mol. The van der Waals surface area contributed by atoms with Crippen LogP contribution >= 0.6 is 7.82 Å². The van der Waals surface area contributed by atoms with Gasteiger partial charge in [0.15, 0.2) is 6.23 Å². The molecule has 0 spiro atoms. The van der Waals surface area contributed by atoms with Crippen molar-refractivity contribution in [2.45, 2.75) is 57.5 Å². The van der Waals surface area contributed by atoms with Crippen molar-refractivity contribution in [1.29, 1.82) is 0 Å². The average Bonchev–Trinajstić information content (AvgIpc) is 2.83. The fraction of sp³-hybridized carbons (Fsp3) is 0.667. The topological polar surface area (TPSA) is 127 Å². The lowest BCUT2D eigenvalue weighted by Gasteiger charge is -2.34. The minimum atomic E-state index is -4.71. The highest BCUT2D eigenvalue weighted by Crippen LogP contribution is 2.42. The minimum Gasteiger partial charge on any atom is -0.374 e. The molecule has 10 nitrogen and oxygen atoms in total. The second kappa shape index (κ2) is 8.18. The lowest BCUT2D eigenvalue weighted by molar-refractivity contribution is -0.119. The van der Waals surface area contributed by atoms with Gasteiger partial charge in [-0.3, -0.25) is 9.32 Å². The van der Waals surface area contributed by atoms with Gasteiger partial charge in [-0.25, -0.2) is 4.57 Å². The Hall–Kier alpha value is -1.26. The van der Waals surface area contributed by atoms with E-state index in [-0.39, 0.29) is 17.8 Å². The van der Waals surface area contributed by atoms with Gasteiger partial charge in [0, 0.05) is 19.4 Å². The van der Waals surface area contributed by atoms with Crippen LogP contribution in [0.25, 0.3) is 0 Å². The van der Waals surface area contributed by atoms with Gasteiger partial charge < -0.3 is 34.2 Å². The number of amides is 1. The summed E-state index contributed by atoms with van der Waals surface area (Å²) in [5, 5.41) is 2.56. The molecular formula is C15H25N2O8P. The number of rotatable bonds is 7. The fourth-order valence-electron chi connectivity index (χ4n) is 2.99. The van der Waals surface area contributed by atoms with Crippen molar-refractivity contribution in [3.63, 3.8) is 0 Å². The molecule has 2 aliphatic heterocycles. The molecule has 1 amide bonds. The summed E-state index contributed by atoms with van der Waals surface area (Å²) in [6.07, 6.45) is -1.19. The van der Waals surface area contributed by atoms with E-state index >= 15 is 0 Å². The summed E-state index contributed by atoms with van der Waals surface area (Å²) in [6.45, 7) is 8.92. The molecule has 2 aliphatic rings. The molecule has 0 aromatic carbocycles. The van der Waals surface area contributed by atoms with Crippen molar-refractivity contribution in [3.05, 3.63) is 24.7 Å². The number of hydrogen-bond donors (Lipinski definition) is 3. The van der Waals surface area contributed by atoms with Gasteiger partial charge in [-0.2, -0.15) is 0 Å². The number of carbonyl (C=O) groups is 1. The van der Waals surface area contributed by atoms with Crippen LogP contribution in [-0.2, 0) is 28.1 Å². The molecule has 26 heavy (non-hydrogen) atoms. The molecule has 0 bridgehead atoms. The highest BCUT2D eigenvalue weighted by molar-refractivity contribution is 7.46. The first-order valence-corrected chi connectivity index (χ1v) is 9.60. The zero-order valence-corrected chi connectivity index (χ0v) is 16.0. The maximum absolute atomic E-state index is 11.4. The molecule has 148 valence electrons. The Bertz CT molecular complexity index is 619. The molecule has 2 rings (SSSR count). The number of hydrogen-bond acceptors (Lipinski definition) is 7. The smallest absolute Gasteiger partial charge is 0.374 e. The Morgan fingerprint density at radius 2 is 2.00 bits per heavy atom. The summed E-state index contributed by atoms with van der Waals surface area (Å²) in [7, 11) is -3.24. The molecule has 3 N–H and O–H groups in total. The third kappa shape index (κ3) is 4.92. The quantitative estimate of drug-likeness (QED) is 0.529. The maximum atomic E-state index is 11.4. The predicted octanol–water partition coefficient (Wildman–Crippen LogP) is 0.434. The van der Waals surface area contributed by atoms with E-state index < -0.39 is 38.5 Å². The van der Waals surface area contributed by atoms with Gasteiger partial charge in [-0.1, -0.05) is 6.58 Å². The molecule has 1 saturated heterocycles. The Morgan fingerprint density at radius 3 is 2.50 bits per heavy atom. The molecule has 5 atom stereocenters. The first-order chi connectivity index (χ1) is 12.0. The maximum Gasteiger partial charge on any atom is 0.469 e. The number of phosphoric ester groups is 1. The van der Waals surface area contributed by atoms with Crippen LogP contribution < -0.4 is 5.32 Å². The Labute approximate surface area is 152 Å². The molecule has 2 heterocycles. The summed E-state index contributed by atoms with van der Waals surface area (Å²) in [5.41, 5.74) is 0. The Morgan fingerprint density at radius 1 is 1.35 bits per heavy atom. The number of methoxy groups -OCH3 is 1. The molecule has 0 saturated carbocycles. The molecule has 0 aliphatic carbocycles. The first kappa shape index (κ1) is 21.0. The van der Waals surface area contributed by atoms with E-state index in [1.165, 1.54) is 26.3 Å². The molecule has 0 aromatic rings. The van der Waals surface area contributed by atoms with Gasteiger partial charge in [0.05, 0.1) is 12.2 Å². The highest BCUT2D eigenvalue weighted by atomic mass is 31.2. The van der Waals surface area contributed by atoms with Crippen LogP contribution in [0.1, 0.15) is 20.8 Å². The third-order valence-electron chi connectivity index (χ3n) is 3.93. The van der Waals surface area contributed by atoms with Crippen molar-refractivity contribution in [3.8, 4) is 0 Å². The van der Waals surface area contributed by atoms with Crippen molar-refractivity contribution >= 4 is 13.7 Å². The van der Waals surface area contributed by atoms with Crippen LogP contribution in [0, 0.1) is 0 Å². The lowest BCUT2D eigenvalue weighted by Crippen LogP contribution is -2.48. The van der Waals surface area contributed by atoms with E-state index in [1.807, 2.05) is 13.8 Å². The molecule has 11 heteroatoms. The fourth-order valence-corrected chi connectivity index (χ4v) is 3.54. The summed E-state index contributed by atoms with van der Waals surface area (Å²) < 4.78 is 33.4. The van der Waals surface area contributed by atoms with Crippen molar-refractivity contribution < 1.29 is 37.9 Å². The molecule has 0 aromatic heterocycles. The molecule has 0 radical (unpaired) electrons. The normalized spacial score (nSPS) is 30.8. The van der Waals surface area contributed by atoms with E-state index in [2.05, 4.69) is 11.9 Å². The van der Waals surface area contributed by atoms with Crippen molar-refractivity contribution in [2.24, 2.45) is 0 Å². The van der Waals surface area contributed by atoms with E-state index in [0.29, 0.717) is 0 Å². The van der Waals surface area contributed by atoms with Gasteiger partial charge in [0.2, 0.25) is 0 Å². The summed E-state index contributed by atoms with van der Waals surface area (Å²) in [6, 6.07) is 0. The largest absolute Gasteiger partial charge is 0.469 e. The van der Waals surface area contributed by atoms with Crippen LogP contribution in [0.4, 0.5) is 0 Å². The van der Waals surface area contributed by atoms with Crippen molar-refractivity contribution in [2.75, 3.05) is 7.11 Å². The van der Waals surface area contributed by atoms with Gasteiger partial charge in [0.25, 0.3) is 5.91 Å². The van der Waals surface area contributed by atoms with E-state index in [4.69, 9.17) is 28.5 Å². The number of nitrogens with one attached hydrogen (secondary N) is 1. The monoisotopic (exact) mass is 392 g/mol. The Kier molecular flexibility index (Phi) is 6.62. The summed E-state index contributed by atoms with van der Waals surface area (Å²) in [4.78, 5) is 31.2. The standard InChI is InChI=1S/C15H25N2O8P/c1-8(2)23-13-12(9(3)25-26(19,20)21)24-15(14(13)22-5)17-7-6-11(18)16-10(17)4/h6-9,12-15H,4H2,1-3,5H3,(H,16,18)(H2,19,20,21)/t9?,12-,13?,14+,15-/m1/s1. The highest BCUT2D eigenvalue weighted by Gasteiger charge is 2.52. The zero-order valence-electron chi connectivity index (χ0n) is 15.1. The van der Waals surface area contributed by atoms with Gasteiger partial charge >= 0.3 is 7.82 Å². The third-order valence-corrected chi connectivity index (χ3v) is 4.54. The van der Waals surface area contributed by atoms with Gasteiger partial charge in [-0.15, -0.1) is 0 Å². The molecule has 1 fully saturated rings. The second-order valence-corrected chi connectivity index (χ2v) is 7.49. The lowest BCUT2D eigenvalue weighted by atomic mass is 10.1. The first-order valence-electron chi connectivity index (χ1n) is 8.07. The van der Waals surface area contributed by atoms with Crippen LogP contribution in [-0.4, -0.2) is 64.5 Å². The van der Waals surface area contributed by atoms with E-state index in [0.717, 1.165) is 0 Å². The summed E-state index contributed by atoms with van der Waals surface area (Å²) in [5.74, 6) is -0.0278. The van der Waals surface area contributed by atoms with E-state index in [1.54, 1.807) is 4.90 Å². The second-order valence-electron chi connectivity index (χ2n) is 6.30. The Balaban J connectivity index is 2.30. The molecule has 2 unspecified atom stereocenters. The van der Waals surface area contributed by atoms with Crippen LogP contribution in [0.5, 0.6) is 0 Å². The molecular weight excluding hydrogens is 367 g/mol. The van der Waals surface area contributed by atoms with Crippen molar-refractivity contribution in [1.82, 2.24) is 10.2 Å². The van der Waals surface area contributed by atoms with Crippen LogP contribution in [0.15, 0.2) is 24.7 Å². The number of nitrogens with zero attached hydrogens (tertiary/aromatic N) is 1. The SMILES string of the molecule is C=C1NC(=O)C=CN1[C@@H]1O[C@H](C(C)OP(=O)(O)O)C(OC(C)C)[C@@H]1OC. The van der Waals surface area contributed by atoms with Gasteiger partial charge in [0.1, 0.15) is 24.1 Å². The van der Waals surface area contributed by atoms with Crippen LogP contribution in [0.3, 0.4) is 0 Å². The van der Waals surface area contributed by atoms with Crippen LogP contribution in [0.2, 0.25) is 0 Å². The number of carbonyl (C=O) groups excluding carboxylic acids is 1. The summed E-state index contributed by atoms with van der Waals surface area (Å²) >= 11 is 0. The zero-order chi connectivity index (χ0) is 19.6. The van der Waals surface area contributed by atoms with E-state index in [9.17, 15) is 9.36 Å². The predicted molar refractivity (Wildman–Crippen MR) is 90.3 cm³/mol. The number of phosphoric acid groups is 1. The van der Waals surface area contributed by atoms with Gasteiger partial charge in [-0.05, 0) is 20.8 Å².